The van der Waals surface area contributed by atoms with Crippen LogP contribution in [0.25, 0.3) is 0 Å². The third-order valence-electron chi connectivity index (χ3n) is 3.51. The molecule has 0 radical (unpaired) electrons. The summed E-state index contributed by atoms with van der Waals surface area (Å²) in [6, 6.07) is 3.78. The van der Waals surface area contributed by atoms with Crippen molar-refractivity contribution < 1.29 is 14.4 Å². The van der Waals surface area contributed by atoms with Crippen LogP contribution >= 0.6 is 0 Å². The van der Waals surface area contributed by atoms with Crippen molar-refractivity contribution in [1.82, 2.24) is 20.3 Å². The van der Waals surface area contributed by atoms with Gasteiger partial charge in [-0.1, -0.05) is 0 Å². The maximum atomic E-state index is 12.1. The largest absolute Gasteiger partial charge is 0.345 e. The molecule has 0 saturated carbocycles. The van der Waals surface area contributed by atoms with E-state index in [4.69, 9.17) is 0 Å². The predicted octanol–water partition coefficient (Wildman–Crippen LogP) is -0.408. The quantitative estimate of drug-likeness (QED) is 0.748. The van der Waals surface area contributed by atoms with Crippen LogP contribution in [-0.2, 0) is 20.8 Å². The van der Waals surface area contributed by atoms with E-state index in [1.165, 1.54) is 7.05 Å². The number of aromatic nitrogens is 1. The van der Waals surface area contributed by atoms with Crippen molar-refractivity contribution in [3.63, 3.8) is 0 Å². The number of rotatable bonds is 5. The van der Waals surface area contributed by atoms with Gasteiger partial charge in [0.15, 0.2) is 0 Å². The van der Waals surface area contributed by atoms with Gasteiger partial charge in [-0.3, -0.25) is 29.8 Å². The molecule has 7 heteroatoms. The average molecular weight is 290 g/mol. The SMILES string of the molecule is CN(CCc1ccncc1)C(=O)CC1C(=O)NN(C)C1=O. The van der Waals surface area contributed by atoms with E-state index in [1.54, 1.807) is 24.3 Å². The summed E-state index contributed by atoms with van der Waals surface area (Å²) >= 11 is 0. The molecular formula is C14H18N4O3. The van der Waals surface area contributed by atoms with Crippen molar-refractivity contribution in [2.75, 3.05) is 20.6 Å². The molecule has 2 rings (SSSR count). The van der Waals surface area contributed by atoms with Crippen molar-refractivity contribution in [2.45, 2.75) is 12.8 Å². The normalized spacial score (nSPS) is 17.8. The van der Waals surface area contributed by atoms with Crippen molar-refractivity contribution in [2.24, 2.45) is 5.92 Å². The van der Waals surface area contributed by atoms with Gasteiger partial charge in [-0.05, 0) is 24.1 Å². The molecule has 112 valence electrons. The van der Waals surface area contributed by atoms with Crippen molar-refractivity contribution >= 4 is 17.7 Å². The number of nitrogens with zero attached hydrogens (tertiary/aromatic N) is 3. The van der Waals surface area contributed by atoms with E-state index < -0.39 is 11.8 Å². The van der Waals surface area contributed by atoms with Crippen LogP contribution < -0.4 is 5.43 Å². The molecule has 0 spiro atoms. The second-order valence-electron chi connectivity index (χ2n) is 5.05. The molecule has 0 bridgehead atoms. The monoisotopic (exact) mass is 290 g/mol. The van der Waals surface area contributed by atoms with Gasteiger partial charge in [-0.15, -0.1) is 0 Å². The van der Waals surface area contributed by atoms with Crippen LogP contribution in [0.1, 0.15) is 12.0 Å². The number of hydrogen-bond acceptors (Lipinski definition) is 4. The first-order chi connectivity index (χ1) is 9.99. The van der Waals surface area contributed by atoms with Crippen LogP contribution in [0.2, 0.25) is 0 Å². The van der Waals surface area contributed by atoms with E-state index in [1.807, 2.05) is 12.1 Å². The predicted molar refractivity (Wildman–Crippen MR) is 74.6 cm³/mol. The van der Waals surface area contributed by atoms with E-state index >= 15 is 0 Å². The highest BCUT2D eigenvalue weighted by Crippen LogP contribution is 2.14. The molecule has 1 aromatic heterocycles. The van der Waals surface area contributed by atoms with Gasteiger partial charge >= 0.3 is 0 Å². The van der Waals surface area contributed by atoms with Gasteiger partial charge in [0.2, 0.25) is 5.91 Å². The molecule has 2 heterocycles. The summed E-state index contributed by atoms with van der Waals surface area (Å²) in [7, 11) is 3.14. The van der Waals surface area contributed by atoms with Crippen molar-refractivity contribution in [1.29, 1.82) is 0 Å². The van der Waals surface area contributed by atoms with Crippen LogP contribution in [-0.4, -0.2) is 53.3 Å². The molecule has 7 nitrogen and oxygen atoms in total. The fourth-order valence-corrected chi connectivity index (χ4v) is 2.13. The Morgan fingerprint density at radius 3 is 2.62 bits per heavy atom. The second kappa shape index (κ2) is 6.34. The molecule has 0 aromatic carbocycles. The summed E-state index contributed by atoms with van der Waals surface area (Å²) in [5.74, 6) is -1.91. The van der Waals surface area contributed by atoms with Crippen LogP contribution in [0.15, 0.2) is 24.5 Å². The fraction of sp³-hybridized carbons (Fsp3) is 0.429. The lowest BCUT2D eigenvalue weighted by atomic mass is 10.0. The molecule has 1 aromatic rings. The lowest BCUT2D eigenvalue weighted by Gasteiger charge is -2.18. The Labute approximate surface area is 122 Å². The zero-order chi connectivity index (χ0) is 15.4. The highest BCUT2D eigenvalue weighted by Gasteiger charge is 2.39. The molecule has 3 amide bonds. The maximum Gasteiger partial charge on any atom is 0.253 e. The summed E-state index contributed by atoms with van der Waals surface area (Å²) < 4.78 is 0. The van der Waals surface area contributed by atoms with Gasteiger partial charge in [-0.2, -0.15) is 0 Å². The molecule has 1 atom stereocenters. The van der Waals surface area contributed by atoms with E-state index in [0.717, 1.165) is 10.6 Å². The third-order valence-corrected chi connectivity index (χ3v) is 3.51. The third kappa shape index (κ3) is 3.56. The van der Waals surface area contributed by atoms with E-state index in [0.29, 0.717) is 13.0 Å². The molecule has 1 aliphatic rings. The number of nitrogens with one attached hydrogen (secondary N) is 1. The summed E-state index contributed by atoms with van der Waals surface area (Å²) in [5.41, 5.74) is 3.47. The lowest BCUT2D eigenvalue weighted by molar-refractivity contribution is -0.138. The number of carbonyl (C=O) groups excluding carboxylic acids is 3. The molecule has 0 aliphatic carbocycles. The van der Waals surface area contributed by atoms with Gasteiger partial charge in [0.1, 0.15) is 5.92 Å². The fourth-order valence-electron chi connectivity index (χ4n) is 2.13. The van der Waals surface area contributed by atoms with Crippen LogP contribution in [0.4, 0.5) is 0 Å². The number of pyridine rings is 1. The van der Waals surface area contributed by atoms with Gasteiger partial charge in [0.05, 0.1) is 0 Å². The Morgan fingerprint density at radius 2 is 2.05 bits per heavy atom. The minimum atomic E-state index is -0.911. The number of hydrazine groups is 1. The zero-order valence-corrected chi connectivity index (χ0v) is 12.1. The van der Waals surface area contributed by atoms with Gasteiger partial charge in [0, 0.05) is 39.5 Å². The van der Waals surface area contributed by atoms with E-state index in [2.05, 4.69) is 10.4 Å². The number of hydrogen-bond donors (Lipinski definition) is 1. The Morgan fingerprint density at radius 1 is 1.38 bits per heavy atom. The first-order valence-corrected chi connectivity index (χ1v) is 6.70. The Kier molecular flexibility index (Phi) is 4.52. The summed E-state index contributed by atoms with van der Waals surface area (Å²) in [5, 5.41) is 1.12. The molecular weight excluding hydrogens is 272 g/mol. The first-order valence-electron chi connectivity index (χ1n) is 6.70. The first kappa shape index (κ1) is 15.0. The Bertz CT molecular complexity index is 546. The lowest BCUT2D eigenvalue weighted by Crippen LogP contribution is -2.33. The molecule has 1 saturated heterocycles. The minimum Gasteiger partial charge on any atom is -0.345 e. The van der Waals surface area contributed by atoms with Crippen molar-refractivity contribution in [3.8, 4) is 0 Å². The second-order valence-corrected chi connectivity index (χ2v) is 5.05. The highest BCUT2D eigenvalue weighted by atomic mass is 16.2. The molecule has 1 unspecified atom stereocenters. The summed E-state index contributed by atoms with van der Waals surface area (Å²) in [4.78, 5) is 40.9. The maximum absolute atomic E-state index is 12.1. The standard InChI is InChI=1S/C14H18N4O3/c1-17(8-5-10-3-6-15-7-4-10)12(19)9-11-13(20)16-18(2)14(11)21/h3-4,6-7,11H,5,8-9H2,1-2H3,(H,16,20). The smallest absolute Gasteiger partial charge is 0.253 e. The van der Waals surface area contributed by atoms with E-state index in [9.17, 15) is 14.4 Å². The number of carbonyl (C=O) groups is 3. The molecule has 21 heavy (non-hydrogen) atoms. The Hall–Kier alpha value is -2.44. The van der Waals surface area contributed by atoms with Gasteiger partial charge in [0.25, 0.3) is 11.8 Å². The average Bonchev–Trinajstić information content (AvgIpc) is 2.72. The van der Waals surface area contributed by atoms with Crippen LogP contribution in [0.3, 0.4) is 0 Å². The van der Waals surface area contributed by atoms with Crippen LogP contribution in [0.5, 0.6) is 0 Å². The topological polar surface area (TPSA) is 82.6 Å². The summed E-state index contributed by atoms with van der Waals surface area (Å²) in [6.45, 7) is 0.529. The van der Waals surface area contributed by atoms with E-state index in [-0.39, 0.29) is 18.2 Å². The molecule has 1 N–H and O–H groups in total. The van der Waals surface area contributed by atoms with Crippen LogP contribution in [0, 0.1) is 5.92 Å². The van der Waals surface area contributed by atoms with Crippen molar-refractivity contribution in [3.05, 3.63) is 30.1 Å². The summed E-state index contributed by atoms with van der Waals surface area (Å²) in [6.07, 6.45) is 4.01. The highest BCUT2D eigenvalue weighted by molar-refractivity contribution is 6.07. The number of likely N-dealkylation sites (N-methyl/N-ethyl adjacent to an activating group) is 1. The zero-order valence-electron chi connectivity index (χ0n) is 12.1. The number of amides is 3. The van der Waals surface area contributed by atoms with Gasteiger partial charge < -0.3 is 4.90 Å². The Balaban J connectivity index is 1.85. The van der Waals surface area contributed by atoms with Gasteiger partial charge in [-0.25, -0.2) is 0 Å². The molecule has 1 aliphatic heterocycles. The molecule has 1 fully saturated rings. The minimum absolute atomic E-state index is 0.0954.